The van der Waals surface area contributed by atoms with Gasteiger partial charge >= 0.3 is 0 Å². The Bertz CT molecular complexity index is 697. The zero-order chi connectivity index (χ0) is 14.7. The molecule has 1 atom stereocenters. The van der Waals surface area contributed by atoms with Crippen LogP contribution in [0.25, 0.3) is 0 Å². The minimum absolute atomic E-state index is 0.588. The van der Waals surface area contributed by atoms with Gasteiger partial charge in [-0.3, -0.25) is 0 Å². The van der Waals surface area contributed by atoms with E-state index in [0.717, 1.165) is 9.94 Å². The van der Waals surface area contributed by atoms with Crippen molar-refractivity contribution in [1.82, 2.24) is 0 Å². The molecule has 0 nitrogen and oxygen atoms in total. The van der Waals surface area contributed by atoms with E-state index in [0.29, 0.717) is 0 Å². The summed E-state index contributed by atoms with van der Waals surface area (Å²) in [6.45, 7) is 0. The smallest absolute Gasteiger partial charge is 0.0960 e. The minimum atomic E-state index is -0.588. The van der Waals surface area contributed by atoms with E-state index in [-0.39, 0.29) is 0 Å². The fourth-order valence-corrected chi connectivity index (χ4v) is 5.26. The maximum absolute atomic E-state index is 5.98. The first-order valence-electron chi connectivity index (χ1n) is 6.70. The van der Waals surface area contributed by atoms with Gasteiger partial charge in [-0.1, -0.05) is 88.1 Å². The lowest BCUT2D eigenvalue weighted by Gasteiger charge is -2.20. The van der Waals surface area contributed by atoms with E-state index in [4.69, 9.17) is 7.85 Å². The van der Waals surface area contributed by atoms with Crippen LogP contribution in [0.2, 0.25) is 0 Å². The molecule has 0 bridgehead atoms. The largest absolute Gasteiger partial charge is 0.113 e. The van der Waals surface area contributed by atoms with Crippen LogP contribution in [-0.4, -0.2) is 7.85 Å². The molecular weight excluding hydrogens is 338 g/mol. The van der Waals surface area contributed by atoms with E-state index in [1.54, 1.807) is 0 Å². The number of rotatable bonds is 3. The van der Waals surface area contributed by atoms with Crippen LogP contribution in [0.15, 0.2) is 83.3 Å². The molecule has 3 rings (SSSR count). The highest BCUT2D eigenvalue weighted by atomic mass is 79.9. The van der Waals surface area contributed by atoms with Crippen molar-refractivity contribution in [3.8, 4) is 0 Å². The zero-order valence-corrected chi connectivity index (χ0v) is 13.9. The molecule has 0 N–H and O–H groups in total. The van der Waals surface area contributed by atoms with Crippen LogP contribution in [0.3, 0.4) is 0 Å². The second-order valence-electron chi connectivity index (χ2n) is 4.75. The molecule has 21 heavy (non-hydrogen) atoms. The van der Waals surface area contributed by atoms with Gasteiger partial charge in [-0.25, -0.2) is 0 Å². The summed E-state index contributed by atoms with van der Waals surface area (Å²) in [6, 6.07) is 27.4. The van der Waals surface area contributed by atoms with Gasteiger partial charge in [0.15, 0.2) is 0 Å². The third-order valence-electron chi connectivity index (χ3n) is 3.21. The van der Waals surface area contributed by atoms with E-state index in [1.807, 2.05) is 12.1 Å². The predicted octanol–water partition coefficient (Wildman–Crippen LogP) is 3.00. The lowest BCUT2D eigenvalue weighted by Crippen LogP contribution is -2.23. The van der Waals surface area contributed by atoms with Gasteiger partial charge in [0.2, 0.25) is 0 Å². The highest BCUT2D eigenvalue weighted by molar-refractivity contribution is 9.10. The molecule has 0 amide bonds. The molecule has 100 valence electrons. The van der Waals surface area contributed by atoms with Crippen LogP contribution in [0.1, 0.15) is 0 Å². The topological polar surface area (TPSA) is 0 Å². The highest BCUT2D eigenvalue weighted by Crippen LogP contribution is 2.33. The van der Waals surface area contributed by atoms with E-state index >= 15 is 0 Å². The van der Waals surface area contributed by atoms with Crippen molar-refractivity contribution in [3.63, 3.8) is 0 Å². The Morgan fingerprint density at radius 1 is 0.667 bits per heavy atom. The second-order valence-corrected chi connectivity index (χ2v) is 7.88. The van der Waals surface area contributed by atoms with Crippen molar-refractivity contribution < 1.29 is 0 Å². The quantitative estimate of drug-likeness (QED) is 0.503. The fourth-order valence-electron chi connectivity index (χ4n) is 2.30. The van der Waals surface area contributed by atoms with Crippen LogP contribution in [0.5, 0.6) is 0 Å². The molecular formula is C18H13BBrP. The first-order valence-corrected chi connectivity index (χ1v) is 8.84. The second kappa shape index (κ2) is 6.60. The Hall–Kier alpha value is -1.37. The first kappa shape index (κ1) is 14.6. The summed E-state index contributed by atoms with van der Waals surface area (Å²) in [4.78, 5) is 0. The number of halogens is 1. The highest BCUT2D eigenvalue weighted by Gasteiger charge is 2.16. The number of hydrogen-bond donors (Lipinski definition) is 0. The third-order valence-corrected chi connectivity index (χ3v) is 6.11. The SMILES string of the molecule is [B]c1cccc(P(c2ccccc2)c2cccc(Br)c2)c1. The summed E-state index contributed by atoms with van der Waals surface area (Å²) in [7, 11) is 5.40. The molecule has 2 radical (unpaired) electrons. The molecule has 0 heterocycles. The summed E-state index contributed by atoms with van der Waals surface area (Å²) in [5.74, 6) is 0. The maximum Gasteiger partial charge on any atom is 0.113 e. The molecule has 0 saturated carbocycles. The van der Waals surface area contributed by atoms with E-state index in [1.165, 1.54) is 15.9 Å². The van der Waals surface area contributed by atoms with Gasteiger partial charge < -0.3 is 0 Å². The Morgan fingerprint density at radius 3 is 1.95 bits per heavy atom. The third kappa shape index (κ3) is 3.45. The Balaban J connectivity index is 2.16. The molecule has 3 aromatic rings. The molecule has 0 aromatic heterocycles. The lowest BCUT2D eigenvalue weighted by atomic mass is 9.97. The Labute approximate surface area is 136 Å². The maximum atomic E-state index is 5.98. The van der Waals surface area contributed by atoms with Gasteiger partial charge in [-0.15, -0.1) is 0 Å². The van der Waals surface area contributed by atoms with Gasteiger partial charge in [0.05, 0.1) is 0 Å². The van der Waals surface area contributed by atoms with Crippen molar-refractivity contribution in [2.75, 3.05) is 0 Å². The van der Waals surface area contributed by atoms with Crippen LogP contribution in [0.4, 0.5) is 0 Å². The van der Waals surface area contributed by atoms with Gasteiger partial charge in [0, 0.05) is 4.47 Å². The van der Waals surface area contributed by atoms with Crippen molar-refractivity contribution in [2.45, 2.75) is 0 Å². The van der Waals surface area contributed by atoms with Crippen LogP contribution >= 0.6 is 23.9 Å². The van der Waals surface area contributed by atoms with Gasteiger partial charge in [-0.05, 0) is 36.0 Å². The van der Waals surface area contributed by atoms with Crippen molar-refractivity contribution >= 4 is 53.1 Å². The summed E-state index contributed by atoms with van der Waals surface area (Å²) >= 11 is 3.58. The minimum Gasteiger partial charge on any atom is -0.0960 e. The predicted molar refractivity (Wildman–Crippen MR) is 98.2 cm³/mol. The summed E-state index contributed by atoms with van der Waals surface area (Å²) < 4.78 is 1.10. The first-order chi connectivity index (χ1) is 10.2. The molecule has 0 aliphatic rings. The molecule has 0 saturated heterocycles. The Morgan fingerprint density at radius 2 is 1.29 bits per heavy atom. The van der Waals surface area contributed by atoms with Crippen molar-refractivity contribution in [1.29, 1.82) is 0 Å². The normalized spacial score (nSPS) is 12.0. The van der Waals surface area contributed by atoms with E-state index in [2.05, 4.69) is 82.7 Å². The summed E-state index contributed by atoms with van der Waals surface area (Å²) in [5.41, 5.74) is 0.811. The van der Waals surface area contributed by atoms with Gasteiger partial charge in [0.1, 0.15) is 7.85 Å². The standard InChI is InChI=1S/C18H13BBrP/c19-14-6-4-10-17(12-14)21(16-8-2-1-3-9-16)18-11-5-7-15(20)13-18/h1-13H. The molecule has 0 fully saturated rings. The van der Waals surface area contributed by atoms with Gasteiger partial charge in [-0.2, -0.15) is 0 Å². The monoisotopic (exact) mass is 350 g/mol. The molecule has 1 unspecified atom stereocenters. The molecule has 0 aliphatic heterocycles. The fraction of sp³-hybridized carbons (Fsp3) is 0. The number of hydrogen-bond acceptors (Lipinski definition) is 0. The van der Waals surface area contributed by atoms with Gasteiger partial charge in [0.25, 0.3) is 0 Å². The zero-order valence-electron chi connectivity index (χ0n) is 11.4. The van der Waals surface area contributed by atoms with E-state index in [9.17, 15) is 0 Å². The summed E-state index contributed by atoms with van der Waals surface area (Å²) in [5, 5.41) is 3.92. The average molecular weight is 351 g/mol. The summed E-state index contributed by atoms with van der Waals surface area (Å²) in [6.07, 6.45) is 0. The average Bonchev–Trinajstić information content (AvgIpc) is 2.49. The molecule has 3 aromatic carbocycles. The lowest BCUT2D eigenvalue weighted by molar-refractivity contribution is 1.70. The van der Waals surface area contributed by atoms with Crippen LogP contribution < -0.4 is 21.4 Å². The van der Waals surface area contributed by atoms with Crippen molar-refractivity contribution in [2.24, 2.45) is 0 Å². The number of benzene rings is 3. The molecule has 3 heteroatoms. The van der Waals surface area contributed by atoms with Crippen LogP contribution in [0, 0.1) is 0 Å². The van der Waals surface area contributed by atoms with E-state index < -0.39 is 7.92 Å². The Kier molecular flexibility index (Phi) is 4.58. The molecule has 0 spiro atoms. The van der Waals surface area contributed by atoms with Crippen LogP contribution in [-0.2, 0) is 0 Å². The van der Waals surface area contributed by atoms with Crippen molar-refractivity contribution in [3.05, 3.63) is 83.3 Å². The molecule has 0 aliphatic carbocycles.